The lowest BCUT2D eigenvalue weighted by Crippen LogP contribution is -2.11. The van der Waals surface area contributed by atoms with E-state index in [-0.39, 0.29) is 5.91 Å². The molecule has 3 aromatic rings. The highest BCUT2D eigenvalue weighted by molar-refractivity contribution is 6.34. The second-order valence-corrected chi connectivity index (χ2v) is 5.17. The second-order valence-electron chi connectivity index (χ2n) is 4.33. The molecule has 20 heavy (non-hydrogen) atoms. The van der Waals surface area contributed by atoms with E-state index in [1.54, 1.807) is 30.5 Å². The molecule has 0 aliphatic rings. The number of halogens is 2. The lowest BCUT2D eigenvalue weighted by Gasteiger charge is -2.06. The predicted molar refractivity (Wildman–Crippen MR) is 82.7 cm³/mol. The van der Waals surface area contributed by atoms with Gasteiger partial charge in [-0.05, 0) is 24.3 Å². The lowest BCUT2D eigenvalue weighted by atomic mass is 10.1. The van der Waals surface area contributed by atoms with E-state index in [1.807, 2.05) is 18.2 Å². The van der Waals surface area contributed by atoms with Gasteiger partial charge in [-0.25, -0.2) is 0 Å². The normalized spacial score (nSPS) is 10.7. The van der Waals surface area contributed by atoms with Crippen LogP contribution in [0.2, 0.25) is 10.0 Å². The minimum Gasteiger partial charge on any atom is -0.360 e. The molecule has 0 saturated heterocycles. The fraction of sp³-hybridized carbons (Fsp3) is 0. The molecular formula is C15H10Cl2N2O. The first-order valence-corrected chi connectivity index (χ1v) is 6.73. The van der Waals surface area contributed by atoms with Crippen LogP contribution in [-0.4, -0.2) is 10.9 Å². The smallest absolute Gasteiger partial charge is 0.257 e. The van der Waals surface area contributed by atoms with E-state index in [0.717, 1.165) is 10.9 Å². The first-order chi connectivity index (χ1) is 9.65. The maximum atomic E-state index is 12.3. The van der Waals surface area contributed by atoms with E-state index in [0.29, 0.717) is 21.3 Å². The van der Waals surface area contributed by atoms with Crippen molar-refractivity contribution in [1.29, 1.82) is 0 Å². The van der Waals surface area contributed by atoms with Crippen molar-refractivity contribution >= 4 is 45.7 Å². The van der Waals surface area contributed by atoms with Gasteiger partial charge in [0.15, 0.2) is 0 Å². The maximum absolute atomic E-state index is 12.3. The molecule has 0 unspecified atom stereocenters. The molecule has 0 atom stereocenters. The summed E-state index contributed by atoms with van der Waals surface area (Å²) in [4.78, 5) is 15.3. The van der Waals surface area contributed by atoms with Gasteiger partial charge in [-0.1, -0.05) is 41.4 Å². The topological polar surface area (TPSA) is 44.9 Å². The molecule has 5 heteroatoms. The molecule has 100 valence electrons. The van der Waals surface area contributed by atoms with Crippen LogP contribution in [0.25, 0.3) is 10.9 Å². The Bertz CT molecular complexity index is 795. The van der Waals surface area contributed by atoms with Crippen LogP contribution in [0.3, 0.4) is 0 Å². The highest BCUT2D eigenvalue weighted by Crippen LogP contribution is 2.25. The van der Waals surface area contributed by atoms with Crippen molar-refractivity contribution in [3.05, 3.63) is 64.3 Å². The SMILES string of the molecule is O=C(Nc1ccccc1Cl)c1c[nH]c2cc(Cl)ccc12. The van der Waals surface area contributed by atoms with Crippen molar-refractivity contribution in [2.24, 2.45) is 0 Å². The summed E-state index contributed by atoms with van der Waals surface area (Å²) in [5, 5.41) is 4.74. The van der Waals surface area contributed by atoms with Crippen LogP contribution in [-0.2, 0) is 0 Å². The molecule has 0 radical (unpaired) electrons. The van der Waals surface area contributed by atoms with Gasteiger partial charge in [0, 0.05) is 22.1 Å². The van der Waals surface area contributed by atoms with E-state index in [9.17, 15) is 4.79 Å². The van der Waals surface area contributed by atoms with E-state index in [1.165, 1.54) is 0 Å². The summed E-state index contributed by atoms with van der Waals surface area (Å²) in [5.74, 6) is -0.216. The molecule has 3 nitrogen and oxygen atoms in total. The molecular weight excluding hydrogens is 295 g/mol. The maximum Gasteiger partial charge on any atom is 0.257 e. The molecule has 2 aromatic carbocycles. The van der Waals surface area contributed by atoms with Gasteiger partial charge in [-0.2, -0.15) is 0 Å². The molecule has 0 spiro atoms. The Hall–Kier alpha value is -1.97. The summed E-state index contributed by atoms with van der Waals surface area (Å²) < 4.78 is 0. The molecule has 0 aliphatic heterocycles. The number of fused-ring (bicyclic) bond motifs is 1. The molecule has 1 amide bonds. The number of rotatable bonds is 2. The first kappa shape index (κ1) is 13.0. The minimum atomic E-state index is -0.216. The Morgan fingerprint density at radius 3 is 2.70 bits per heavy atom. The Morgan fingerprint density at radius 1 is 1.10 bits per heavy atom. The molecule has 2 N–H and O–H groups in total. The summed E-state index contributed by atoms with van der Waals surface area (Å²) >= 11 is 11.9. The number of aromatic nitrogens is 1. The van der Waals surface area contributed by atoms with Gasteiger partial charge in [0.1, 0.15) is 0 Å². The molecule has 0 saturated carbocycles. The van der Waals surface area contributed by atoms with Gasteiger partial charge >= 0.3 is 0 Å². The highest BCUT2D eigenvalue weighted by Gasteiger charge is 2.13. The Labute approximate surface area is 125 Å². The van der Waals surface area contributed by atoms with Crippen LogP contribution in [0, 0.1) is 0 Å². The van der Waals surface area contributed by atoms with E-state index in [2.05, 4.69) is 10.3 Å². The van der Waals surface area contributed by atoms with Gasteiger partial charge < -0.3 is 10.3 Å². The summed E-state index contributed by atoms with van der Waals surface area (Å²) in [5.41, 5.74) is 1.96. The number of H-pyrrole nitrogens is 1. The van der Waals surface area contributed by atoms with Gasteiger partial charge in [-0.15, -0.1) is 0 Å². The van der Waals surface area contributed by atoms with Gasteiger partial charge in [0.25, 0.3) is 5.91 Å². The predicted octanol–water partition coefficient (Wildman–Crippen LogP) is 4.73. The number of aromatic amines is 1. The summed E-state index contributed by atoms with van der Waals surface area (Å²) in [6, 6.07) is 12.5. The second kappa shape index (κ2) is 5.19. The molecule has 3 rings (SSSR count). The summed E-state index contributed by atoms with van der Waals surface area (Å²) in [6.07, 6.45) is 1.66. The van der Waals surface area contributed by atoms with Crippen LogP contribution in [0.15, 0.2) is 48.7 Å². The van der Waals surface area contributed by atoms with Crippen molar-refractivity contribution in [3.8, 4) is 0 Å². The Balaban J connectivity index is 1.95. The zero-order valence-corrected chi connectivity index (χ0v) is 11.8. The fourth-order valence-electron chi connectivity index (χ4n) is 2.04. The third kappa shape index (κ3) is 2.38. The van der Waals surface area contributed by atoms with Gasteiger partial charge in [0.2, 0.25) is 0 Å². The third-order valence-electron chi connectivity index (χ3n) is 3.01. The number of amides is 1. The number of para-hydroxylation sites is 1. The van der Waals surface area contributed by atoms with Crippen LogP contribution in [0.5, 0.6) is 0 Å². The highest BCUT2D eigenvalue weighted by atomic mass is 35.5. The monoisotopic (exact) mass is 304 g/mol. The van der Waals surface area contributed by atoms with E-state index in [4.69, 9.17) is 23.2 Å². The number of anilines is 1. The van der Waals surface area contributed by atoms with Gasteiger partial charge in [-0.3, -0.25) is 4.79 Å². The molecule has 0 bridgehead atoms. The number of carbonyl (C=O) groups excluding carboxylic acids is 1. The molecule has 0 fully saturated rings. The van der Waals surface area contributed by atoms with Crippen LogP contribution in [0.1, 0.15) is 10.4 Å². The molecule has 0 aliphatic carbocycles. The van der Waals surface area contributed by atoms with Crippen molar-refractivity contribution in [2.45, 2.75) is 0 Å². The summed E-state index contributed by atoms with van der Waals surface area (Å²) in [7, 11) is 0. The minimum absolute atomic E-state index is 0.216. The summed E-state index contributed by atoms with van der Waals surface area (Å²) in [6.45, 7) is 0. The number of nitrogens with one attached hydrogen (secondary N) is 2. The van der Waals surface area contributed by atoms with Crippen LogP contribution in [0.4, 0.5) is 5.69 Å². The van der Waals surface area contributed by atoms with Crippen molar-refractivity contribution in [1.82, 2.24) is 4.98 Å². The number of hydrogen-bond acceptors (Lipinski definition) is 1. The lowest BCUT2D eigenvalue weighted by molar-refractivity contribution is 0.102. The largest absolute Gasteiger partial charge is 0.360 e. The van der Waals surface area contributed by atoms with Crippen molar-refractivity contribution in [3.63, 3.8) is 0 Å². The Kier molecular flexibility index (Phi) is 3.38. The number of benzene rings is 2. The van der Waals surface area contributed by atoms with Crippen molar-refractivity contribution < 1.29 is 4.79 Å². The Morgan fingerprint density at radius 2 is 1.90 bits per heavy atom. The fourth-order valence-corrected chi connectivity index (χ4v) is 2.39. The first-order valence-electron chi connectivity index (χ1n) is 5.97. The van der Waals surface area contributed by atoms with Crippen molar-refractivity contribution in [2.75, 3.05) is 5.32 Å². The average molecular weight is 305 g/mol. The number of carbonyl (C=O) groups is 1. The van der Waals surface area contributed by atoms with Crippen LogP contribution < -0.4 is 5.32 Å². The zero-order chi connectivity index (χ0) is 14.1. The van der Waals surface area contributed by atoms with E-state index >= 15 is 0 Å². The zero-order valence-electron chi connectivity index (χ0n) is 10.3. The average Bonchev–Trinajstić information content (AvgIpc) is 2.84. The molecule has 1 heterocycles. The third-order valence-corrected chi connectivity index (χ3v) is 3.58. The van der Waals surface area contributed by atoms with Crippen LogP contribution >= 0.6 is 23.2 Å². The number of hydrogen-bond donors (Lipinski definition) is 2. The quantitative estimate of drug-likeness (QED) is 0.706. The standard InChI is InChI=1S/C15H10Cl2N2O/c16-9-5-6-10-11(8-18-14(10)7-9)15(20)19-13-4-2-1-3-12(13)17/h1-8,18H,(H,19,20). The van der Waals surface area contributed by atoms with Gasteiger partial charge in [0.05, 0.1) is 16.3 Å². The molecule has 1 aromatic heterocycles. The van der Waals surface area contributed by atoms with E-state index < -0.39 is 0 Å².